The molecule has 1 aliphatic heterocycles. The van der Waals surface area contributed by atoms with E-state index in [1.807, 2.05) is 6.20 Å². The number of pyridine rings is 1. The molecule has 4 nitrogen and oxygen atoms in total. The van der Waals surface area contributed by atoms with E-state index in [0.717, 1.165) is 12.1 Å². The van der Waals surface area contributed by atoms with Crippen LogP contribution in [0.5, 0.6) is 0 Å². The van der Waals surface area contributed by atoms with Crippen molar-refractivity contribution in [3.63, 3.8) is 0 Å². The lowest BCUT2D eigenvalue weighted by atomic mass is 10.0. The van der Waals surface area contributed by atoms with Crippen molar-refractivity contribution in [2.24, 2.45) is 5.73 Å². The molecule has 2 heterocycles. The van der Waals surface area contributed by atoms with Crippen LogP contribution < -0.4 is 10.6 Å². The third kappa shape index (κ3) is 3.49. The van der Waals surface area contributed by atoms with Gasteiger partial charge in [0.2, 0.25) is 0 Å². The van der Waals surface area contributed by atoms with Crippen molar-refractivity contribution in [3.05, 3.63) is 24.0 Å². The first-order chi connectivity index (χ1) is 9.65. The normalized spacial score (nSPS) is 19.0. The number of anilines is 1. The smallest absolute Gasteiger partial charge is 0.0572 e. The number of nitrogens with two attached hydrogens (primary N) is 1. The van der Waals surface area contributed by atoms with Gasteiger partial charge in [0.15, 0.2) is 0 Å². The average molecular weight is 276 g/mol. The number of nitrogens with zero attached hydrogens (tertiary/aromatic N) is 3. The lowest BCUT2D eigenvalue weighted by Crippen LogP contribution is -2.43. The van der Waals surface area contributed by atoms with Crippen LogP contribution in [-0.4, -0.2) is 42.6 Å². The van der Waals surface area contributed by atoms with Gasteiger partial charge in [-0.25, -0.2) is 0 Å². The Morgan fingerprint density at radius 2 is 2.05 bits per heavy atom. The molecule has 0 spiro atoms. The van der Waals surface area contributed by atoms with Gasteiger partial charge in [-0.05, 0) is 37.9 Å². The van der Waals surface area contributed by atoms with Gasteiger partial charge in [-0.2, -0.15) is 0 Å². The molecule has 1 atom stereocenters. The summed E-state index contributed by atoms with van der Waals surface area (Å²) in [7, 11) is 2.18. The maximum Gasteiger partial charge on any atom is 0.0572 e. The standard InChI is InChI=1S/C16H28N4/c1-4-15(17)16-7-6-14(12-18-16)19(3)13-8-10-20(5-2)11-9-13/h6-7,12-13,15H,4-5,8-11,17H2,1-3H3/t15-/m1/s1. The Labute approximate surface area is 123 Å². The molecule has 2 rings (SSSR count). The topological polar surface area (TPSA) is 45.4 Å². The van der Waals surface area contributed by atoms with Crippen molar-refractivity contribution in [2.45, 2.75) is 45.2 Å². The average Bonchev–Trinajstić information content (AvgIpc) is 2.53. The van der Waals surface area contributed by atoms with Crippen LogP contribution in [0.25, 0.3) is 0 Å². The van der Waals surface area contributed by atoms with Gasteiger partial charge >= 0.3 is 0 Å². The molecule has 112 valence electrons. The summed E-state index contributed by atoms with van der Waals surface area (Å²) in [5, 5.41) is 0. The minimum Gasteiger partial charge on any atom is -0.370 e. The molecule has 0 amide bonds. The summed E-state index contributed by atoms with van der Waals surface area (Å²) in [6, 6.07) is 4.91. The maximum absolute atomic E-state index is 6.01. The molecule has 4 heteroatoms. The molecule has 1 aromatic rings. The van der Waals surface area contributed by atoms with E-state index in [1.165, 1.54) is 38.2 Å². The molecule has 2 N–H and O–H groups in total. The van der Waals surface area contributed by atoms with Gasteiger partial charge in [-0.1, -0.05) is 13.8 Å². The summed E-state index contributed by atoms with van der Waals surface area (Å²) in [6.07, 6.45) is 5.37. The third-order valence-electron chi connectivity index (χ3n) is 4.55. The molecule has 1 saturated heterocycles. The quantitative estimate of drug-likeness (QED) is 0.897. The van der Waals surface area contributed by atoms with Crippen LogP contribution in [0.15, 0.2) is 18.3 Å². The van der Waals surface area contributed by atoms with E-state index in [0.29, 0.717) is 6.04 Å². The lowest BCUT2D eigenvalue weighted by molar-refractivity contribution is 0.221. The van der Waals surface area contributed by atoms with Gasteiger partial charge in [0.05, 0.1) is 17.6 Å². The van der Waals surface area contributed by atoms with Crippen molar-refractivity contribution in [3.8, 4) is 0 Å². The van der Waals surface area contributed by atoms with E-state index >= 15 is 0 Å². The second-order valence-corrected chi connectivity index (χ2v) is 5.73. The highest BCUT2D eigenvalue weighted by molar-refractivity contribution is 5.45. The molecular formula is C16H28N4. The first kappa shape index (κ1) is 15.3. The van der Waals surface area contributed by atoms with E-state index in [4.69, 9.17) is 5.73 Å². The van der Waals surface area contributed by atoms with E-state index in [1.54, 1.807) is 0 Å². The predicted molar refractivity (Wildman–Crippen MR) is 85.0 cm³/mol. The number of hydrogen-bond acceptors (Lipinski definition) is 4. The van der Waals surface area contributed by atoms with Crippen LogP contribution in [0.1, 0.15) is 44.8 Å². The largest absolute Gasteiger partial charge is 0.370 e. The summed E-state index contributed by atoms with van der Waals surface area (Å²) < 4.78 is 0. The Morgan fingerprint density at radius 3 is 2.55 bits per heavy atom. The first-order valence-electron chi connectivity index (χ1n) is 7.82. The number of hydrogen-bond donors (Lipinski definition) is 1. The van der Waals surface area contributed by atoms with E-state index in [-0.39, 0.29) is 6.04 Å². The van der Waals surface area contributed by atoms with E-state index in [9.17, 15) is 0 Å². The fourth-order valence-electron chi connectivity index (χ4n) is 2.87. The Morgan fingerprint density at radius 1 is 1.35 bits per heavy atom. The Balaban J connectivity index is 1.97. The van der Waals surface area contributed by atoms with Gasteiger partial charge < -0.3 is 15.5 Å². The Kier molecular flexibility index (Phi) is 5.38. The lowest BCUT2D eigenvalue weighted by Gasteiger charge is -2.37. The van der Waals surface area contributed by atoms with Gasteiger partial charge in [0.25, 0.3) is 0 Å². The molecule has 0 bridgehead atoms. The second-order valence-electron chi connectivity index (χ2n) is 5.73. The van der Waals surface area contributed by atoms with Crippen LogP contribution in [-0.2, 0) is 0 Å². The van der Waals surface area contributed by atoms with Gasteiger partial charge in [0.1, 0.15) is 0 Å². The predicted octanol–water partition coefficient (Wildman–Crippen LogP) is 2.41. The highest BCUT2D eigenvalue weighted by Crippen LogP contribution is 2.22. The first-order valence-corrected chi connectivity index (χ1v) is 7.82. The van der Waals surface area contributed by atoms with Gasteiger partial charge in [-0.3, -0.25) is 4.98 Å². The fraction of sp³-hybridized carbons (Fsp3) is 0.688. The molecule has 1 aromatic heterocycles. The zero-order chi connectivity index (χ0) is 14.5. The van der Waals surface area contributed by atoms with E-state index < -0.39 is 0 Å². The highest BCUT2D eigenvalue weighted by Gasteiger charge is 2.22. The monoisotopic (exact) mass is 276 g/mol. The summed E-state index contributed by atoms with van der Waals surface area (Å²) in [6.45, 7) is 7.91. The molecule has 0 radical (unpaired) electrons. The number of aromatic nitrogens is 1. The minimum absolute atomic E-state index is 0.0575. The molecule has 0 saturated carbocycles. The van der Waals surface area contributed by atoms with Crippen LogP contribution >= 0.6 is 0 Å². The molecule has 0 aliphatic carbocycles. The molecule has 1 aliphatic rings. The van der Waals surface area contributed by atoms with Gasteiger partial charge in [0, 0.05) is 32.2 Å². The highest BCUT2D eigenvalue weighted by atomic mass is 15.2. The number of piperidine rings is 1. The zero-order valence-corrected chi connectivity index (χ0v) is 13.0. The van der Waals surface area contributed by atoms with Crippen LogP contribution in [0.3, 0.4) is 0 Å². The Bertz CT molecular complexity index is 395. The summed E-state index contributed by atoms with van der Waals surface area (Å²) >= 11 is 0. The van der Waals surface area contributed by atoms with Crippen molar-refractivity contribution in [1.82, 2.24) is 9.88 Å². The Hall–Kier alpha value is -1.13. The molecule has 20 heavy (non-hydrogen) atoms. The van der Waals surface area contributed by atoms with Crippen molar-refractivity contribution in [2.75, 3.05) is 31.6 Å². The zero-order valence-electron chi connectivity index (χ0n) is 13.0. The number of likely N-dealkylation sites (tertiary alicyclic amines) is 1. The van der Waals surface area contributed by atoms with E-state index in [2.05, 4.69) is 47.8 Å². The van der Waals surface area contributed by atoms with Crippen molar-refractivity contribution in [1.29, 1.82) is 0 Å². The maximum atomic E-state index is 6.01. The summed E-state index contributed by atoms with van der Waals surface area (Å²) in [5.74, 6) is 0. The third-order valence-corrected chi connectivity index (χ3v) is 4.55. The molecule has 0 unspecified atom stereocenters. The van der Waals surface area contributed by atoms with Crippen molar-refractivity contribution < 1.29 is 0 Å². The molecule has 0 aromatic carbocycles. The summed E-state index contributed by atoms with van der Waals surface area (Å²) in [4.78, 5) is 9.42. The fourth-order valence-corrected chi connectivity index (χ4v) is 2.87. The second kappa shape index (κ2) is 7.04. The SMILES string of the molecule is CC[C@@H](N)c1ccc(N(C)C2CCN(CC)CC2)cn1. The summed E-state index contributed by atoms with van der Waals surface area (Å²) in [5.41, 5.74) is 8.20. The van der Waals surface area contributed by atoms with Gasteiger partial charge in [-0.15, -0.1) is 0 Å². The van der Waals surface area contributed by atoms with Crippen LogP contribution in [0.2, 0.25) is 0 Å². The molecular weight excluding hydrogens is 248 g/mol. The minimum atomic E-state index is 0.0575. The number of rotatable bonds is 5. The van der Waals surface area contributed by atoms with Crippen LogP contribution in [0, 0.1) is 0 Å². The van der Waals surface area contributed by atoms with Crippen molar-refractivity contribution >= 4 is 5.69 Å². The molecule has 1 fully saturated rings. The van der Waals surface area contributed by atoms with Crippen LogP contribution in [0.4, 0.5) is 5.69 Å².